The second-order valence-electron chi connectivity index (χ2n) is 4.92. The highest BCUT2D eigenvalue weighted by Gasteiger charge is 2.42. The molecule has 1 aliphatic carbocycles. The Hall–Kier alpha value is -2.46. The molecule has 4 nitrogen and oxygen atoms in total. The average molecular weight is 267 g/mol. The van der Waals surface area contributed by atoms with Gasteiger partial charge in [0, 0.05) is 11.1 Å². The summed E-state index contributed by atoms with van der Waals surface area (Å²) in [5.74, 6) is -0.767. The van der Waals surface area contributed by atoms with Crippen molar-refractivity contribution in [2.45, 2.75) is 12.0 Å². The lowest BCUT2D eigenvalue weighted by molar-refractivity contribution is -0.122. The Bertz CT molecular complexity index is 672. The number of carbonyl (C=O) groups excluding carboxylic acids is 2. The topological polar surface area (TPSA) is 80.4 Å². The van der Waals surface area contributed by atoms with Crippen molar-refractivity contribution in [2.24, 2.45) is 5.73 Å². The van der Waals surface area contributed by atoms with Crippen molar-refractivity contribution < 1.29 is 14.7 Å². The molecule has 0 saturated heterocycles. The van der Waals surface area contributed by atoms with Crippen molar-refractivity contribution in [3.8, 4) is 0 Å². The molecule has 3 rings (SSSR count). The van der Waals surface area contributed by atoms with E-state index in [9.17, 15) is 14.7 Å². The lowest BCUT2D eigenvalue weighted by Crippen LogP contribution is -2.39. The molecule has 2 aromatic rings. The van der Waals surface area contributed by atoms with E-state index in [0.29, 0.717) is 22.3 Å². The molecule has 20 heavy (non-hydrogen) atoms. The highest BCUT2D eigenvalue weighted by molar-refractivity contribution is 6.13. The normalized spacial score (nSPS) is 15.3. The second-order valence-corrected chi connectivity index (χ2v) is 4.92. The van der Waals surface area contributed by atoms with Crippen LogP contribution >= 0.6 is 0 Å². The number of benzene rings is 2. The maximum absolute atomic E-state index is 12.5. The van der Waals surface area contributed by atoms with Crippen LogP contribution in [0, 0.1) is 0 Å². The number of primary amides is 1. The number of nitrogens with two attached hydrogens (primary N) is 1. The van der Waals surface area contributed by atoms with E-state index in [2.05, 4.69) is 0 Å². The quantitative estimate of drug-likeness (QED) is 0.861. The van der Waals surface area contributed by atoms with Crippen LogP contribution in [0.4, 0.5) is 0 Å². The Morgan fingerprint density at radius 2 is 1.45 bits per heavy atom. The van der Waals surface area contributed by atoms with E-state index >= 15 is 0 Å². The fourth-order valence-corrected chi connectivity index (χ4v) is 2.82. The fourth-order valence-electron chi connectivity index (χ4n) is 2.82. The SMILES string of the molecule is NC(=O)CC1(O)c2ccccc2C(=O)c2ccccc21. The number of carbonyl (C=O) groups is 2. The Labute approximate surface area is 115 Å². The summed E-state index contributed by atoms with van der Waals surface area (Å²) in [4.78, 5) is 23.8. The average Bonchev–Trinajstić information content (AvgIpc) is 2.45. The maximum atomic E-state index is 12.5. The van der Waals surface area contributed by atoms with Crippen molar-refractivity contribution >= 4 is 11.7 Å². The first-order chi connectivity index (χ1) is 9.54. The van der Waals surface area contributed by atoms with E-state index in [1.807, 2.05) is 0 Å². The van der Waals surface area contributed by atoms with Crippen molar-refractivity contribution in [3.05, 3.63) is 70.8 Å². The number of amides is 1. The maximum Gasteiger partial charge on any atom is 0.221 e. The summed E-state index contributed by atoms with van der Waals surface area (Å²) >= 11 is 0. The smallest absolute Gasteiger partial charge is 0.221 e. The van der Waals surface area contributed by atoms with E-state index in [4.69, 9.17) is 5.73 Å². The molecule has 2 aromatic carbocycles. The first-order valence-electron chi connectivity index (χ1n) is 6.28. The van der Waals surface area contributed by atoms with Gasteiger partial charge in [0.05, 0.1) is 6.42 Å². The highest BCUT2D eigenvalue weighted by atomic mass is 16.3. The molecule has 0 unspecified atom stereocenters. The monoisotopic (exact) mass is 267 g/mol. The Morgan fingerprint density at radius 3 is 1.90 bits per heavy atom. The van der Waals surface area contributed by atoms with E-state index in [1.165, 1.54) is 0 Å². The van der Waals surface area contributed by atoms with Gasteiger partial charge in [0.2, 0.25) is 5.91 Å². The first kappa shape index (κ1) is 12.6. The molecule has 0 radical (unpaired) electrons. The van der Waals surface area contributed by atoms with Gasteiger partial charge < -0.3 is 10.8 Å². The van der Waals surface area contributed by atoms with Gasteiger partial charge in [0.1, 0.15) is 5.60 Å². The minimum atomic E-state index is -1.55. The third-order valence-electron chi connectivity index (χ3n) is 3.66. The van der Waals surface area contributed by atoms with Crippen molar-refractivity contribution in [3.63, 3.8) is 0 Å². The summed E-state index contributed by atoms with van der Waals surface area (Å²) in [5.41, 5.74) is 5.41. The van der Waals surface area contributed by atoms with E-state index in [1.54, 1.807) is 48.5 Å². The third-order valence-corrected chi connectivity index (χ3v) is 3.66. The molecule has 0 bridgehead atoms. The molecule has 1 amide bonds. The first-order valence-corrected chi connectivity index (χ1v) is 6.28. The van der Waals surface area contributed by atoms with Crippen LogP contribution in [0.1, 0.15) is 33.5 Å². The molecule has 0 fully saturated rings. The molecule has 0 aromatic heterocycles. The number of ketones is 1. The minimum absolute atomic E-state index is 0.148. The van der Waals surface area contributed by atoms with E-state index in [-0.39, 0.29) is 12.2 Å². The lowest BCUT2D eigenvalue weighted by atomic mass is 9.72. The van der Waals surface area contributed by atoms with Crippen LogP contribution in [0.25, 0.3) is 0 Å². The molecule has 4 heteroatoms. The van der Waals surface area contributed by atoms with Gasteiger partial charge in [-0.3, -0.25) is 9.59 Å². The zero-order valence-corrected chi connectivity index (χ0v) is 10.7. The Kier molecular flexibility index (Phi) is 2.69. The van der Waals surface area contributed by atoms with Crippen LogP contribution in [0.2, 0.25) is 0 Å². The van der Waals surface area contributed by atoms with Gasteiger partial charge in [-0.05, 0) is 11.1 Å². The summed E-state index contributed by atoms with van der Waals surface area (Å²) in [6, 6.07) is 13.5. The Morgan fingerprint density at radius 1 is 1.00 bits per heavy atom. The molecule has 1 aliphatic rings. The van der Waals surface area contributed by atoms with Gasteiger partial charge in [-0.2, -0.15) is 0 Å². The van der Waals surface area contributed by atoms with Crippen molar-refractivity contribution in [1.29, 1.82) is 0 Å². The van der Waals surface area contributed by atoms with Gasteiger partial charge in [0.25, 0.3) is 0 Å². The second kappa shape index (κ2) is 4.28. The molecule has 100 valence electrons. The summed E-state index contributed by atoms with van der Waals surface area (Å²) in [6.07, 6.45) is -0.256. The van der Waals surface area contributed by atoms with Crippen LogP contribution in [0.5, 0.6) is 0 Å². The molecular formula is C16H13NO3. The van der Waals surface area contributed by atoms with Crippen molar-refractivity contribution in [1.82, 2.24) is 0 Å². The van der Waals surface area contributed by atoms with Gasteiger partial charge in [-0.25, -0.2) is 0 Å². The molecule has 0 heterocycles. The van der Waals surface area contributed by atoms with E-state index in [0.717, 1.165) is 0 Å². The van der Waals surface area contributed by atoms with E-state index < -0.39 is 11.5 Å². The highest BCUT2D eigenvalue weighted by Crippen LogP contribution is 2.41. The van der Waals surface area contributed by atoms with Crippen LogP contribution < -0.4 is 5.73 Å². The zero-order chi connectivity index (χ0) is 14.3. The predicted octanol–water partition coefficient (Wildman–Crippen LogP) is 1.34. The summed E-state index contributed by atoms with van der Waals surface area (Å²) in [6.45, 7) is 0. The molecule has 0 spiro atoms. The summed E-state index contributed by atoms with van der Waals surface area (Å²) in [5, 5.41) is 11.0. The molecular weight excluding hydrogens is 254 g/mol. The number of hydrogen-bond acceptors (Lipinski definition) is 3. The largest absolute Gasteiger partial charge is 0.380 e. The lowest BCUT2D eigenvalue weighted by Gasteiger charge is -2.35. The molecule has 0 atom stereocenters. The predicted molar refractivity (Wildman–Crippen MR) is 73.1 cm³/mol. The number of fused-ring (bicyclic) bond motifs is 2. The fraction of sp³-hybridized carbons (Fsp3) is 0.125. The van der Waals surface area contributed by atoms with Crippen LogP contribution in [-0.2, 0) is 10.4 Å². The Balaban J connectivity index is 2.33. The molecule has 3 N–H and O–H groups in total. The zero-order valence-electron chi connectivity index (χ0n) is 10.7. The molecule has 0 saturated carbocycles. The van der Waals surface area contributed by atoms with Crippen molar-refractivity contribution in [2.75, 3.05) is 0 Å². The number of aliphatic hydroxyl groups is 1. The standard InChI is InChI=1S/C16H13NO3/c17-14(18)9-16(20)12-7-3-1-5-10(12)15(19)11-6-2-4-8-13(11)16/h1-8,20H,9H2,(H2,17,18). The number of hydrogen-bond donors (Lipinski definition) is 2. The third kappa shape index (κ3) is 1.66. The van der Waals surface area contributed by atoms with Gasteiger partial charge in [-0.15, -0.1) is 0 Å². The van der Waals surface area contributed by atoms with Crippen LogP contribution in [-0.4, -0.2) is 16.8 Å². The minimum Gasteiger partial charge on any atom is -0.380 e. The summed E-state index contributed by atoms with van der Waals surface area (Å²) < 4.78 is 0. The molecule has 0 aliphatic heterocycles. The van der Waals surface area contributed by atoms with Gasteiger partial charge in [-0.1, -0.05) is 48.5 Å². The van der Waals surface area contributed by atoms with Gasteiger partial charge >= 0.3 is 0 Å². The van der Waals surface area contributed by atoms with Crippen LogP contribution in [0.15, 0.2) is 48.5 Å². The summed E-state index contributed by atoms with van der Waals surface area (Å²) in [7, 11) is 0. The van der Waals surface area contributed by atoms with Crippen LogP contribution in [0.3, 0.4) is 0 Å². The van der Waals surface area contributed by atoms with Gasteiger partial charge in [0.15, 0.2) is 5.78 Å². The number of rotatable bonds is 2.